The molecule has 21 heavy (non-hydrogen) atoms. The van der Waals surface area contributed by atoms with Gasteiger partial charge in [-0.1, -0.05) is 72.3 Å². The summed E-state index contributed by atoms with van der Waals surface area (Å²) < 4.78 is 6.30. The number of fused-ring (bicyclic) bond motifs is 3. The Bertz CT molecular complexity index is 790. The molecule has 1 aliphatic heterocycles. The normalized spacial score (nSPS) is 15.8. The Morgan fingerprint density at radius 3 is 2.38 bits per heavy atom. The van der Waals surface area contributed by atoms with E-state index in [0.29, 0.717) is 0 Å². The van der Waals surface area contributed by atoms with Crippen LogP contribution in [0.5, 0.6) is 5.75 Å². The molecule has 1 nitrogen and oxygen atoms in total. The number of hydrogen-bond acceptors (Lipinski definition) is 1. The Balaban J connectivity index is 1.95. The van der Waals surface area contributed by atoms with Gasteiger partial charge >= 0.3 is 0 Å². The lowest BCUT2D eigenvalue weighted by Gasteiger charge is -2.29. The van der Waals surface area contributed by atoms with E-state index in [9.17, 15) is 0 Å². The molecular formula is C20H16O. The van der Waals surface area contributed by atoms with E-state index < -0.39 is 0 Å². The van der Waals surface area contributed by atoms with Gasteiger partial charge in [0.1, 0.15) is 11.9 Å². The lowest BCUT2D eigenvalue weighted by molar-refractivity contribution is 0.243. The zero-order valence-corrected chi connectivity index (χ0v) is 11.9. The van der Waals surface area contributed by atoms with Crippen molar-refractivity contribution >= 4 is 0 Å². The summed E-state index contributed by atoms with van der Waals surface area (Å²) in [5.41, 5.74) is 6.16. The molecule has 1 heteroatoms. The van der Waals surface area contributed by atoms with Crippen LogP contribution in [0.4, 0.5) is 0 Å². The van der Waals surface area contributed by atoms with E-state index in [0.717, 1.165) is 5.75 Å². The van der Waals surface area contributed by atoms with Gasteiger partial charge in [0.05, 0.1) is 0 Å². The second kappa shape index (κ2) is 4.78. The van der Waals surface area contributed by atoms with Gasteiger partial charge in [-0.15, -0.1) is 0 Å². The molecule has 3 aromatic carbocycles. The number of aryl methyl sites for hydroxylation is 1. The van der Waals surface area contributed by atoms with E-state index in [1.807, 2.05) is 18.2 Å². The van der Waals surface area contributed by atoms with Crippen molar-refractivity contribution in [2.24, 2.45) is 0 Å². The molecule has 0 amide bonds. The van der Waals surface area contributed by atoms with Gasteiger partial charge in [0.25, 0.3) is 0 Å². The molecule has 0 fully saturated rings. The quantitative estimate of drug-likeness (QED) is 0.595. The fourth-order valence-electron chi connectivity index (χ4n) is 3.00. The molecule has 0 N–H and O–H groups in total. The Hall–Kier alpha value is -2.54. The minimum atomic E-state index is -0.0315. The van der Waals surface area contributed by atoms with Crippen molar-refractivity contribution in [1.29, 1.82) is 0 Å². The molecule has 0 aromatic heterocycles. The van der Waals surface area contributed by atoms with Gasteiger partial charge in [-0.05, 0) is 24.1 Å². The van der Waals surface area contributed by atoms with E-state index in [1.54, 1.807) is 0 Å². The van der Waals surface area contributed by atoms with Crippen LogP contribution in [0.15, 0.2) is 72.8 Å². The Morgan fingerprint density at radius 2 is 1.52 bits per heavy atom. The highest BCUT2D eigenvalue weighted by Crippen LogP contribution is 2.44. The van der Waals surface area contributed by atoms with E-state index in [4.69, 9.17) is 4.74 Å². The van der Waals surface area contributed by atoms with Gasteiger partial charge in [-0.25, -0.2) is 0 Å². The predicted octanol–water partition coefficient (Wildman–Crippen LogP) is 5.14. The monoisotopic (exact) mass is 272 g/mol. The van der Waals surface area contributed by atoms with Gasteiger partial charge in [-0.3, -0.25) is 0 Å². The minimum absolute atomic E-state index is 0.0315. The summed E-state index contributed by atoms with van der Waals surface area (Å²) in [6.45, 7) is 2.13. The molecule has 1 aliphatic rings. The molecule has 1 unspecified atom stereocenters. The summed E-state index contributed by atoms with van der Waals surface area (Å²) in [6, 6.07) is 25.3. The van der Waals surface area contributed by atoms with Crippen molar-refractivity contribution in [2.75, 3.05) is 0 Å². The second-order valence-electron chi connectivity index (χ2n) is 5.50. The van der Waals surface area contributed by atoms with Crippen LogP contribution in [0.1, 0.15) is 22.8 Å². The number of para-hydroxylation sites is 1. The van der Waals surface area contributed by atoms with Crippen LogP contribution in [0.25, 0.3) is 11.1 Å². The molecule has 0 spiro atoms. The summed E-state index contributed by atoms with van der Waals surface area (Å²) in [5, 5.41) is 0. The SMILES string of the molecule is Cc1ccc2c(c1)C(c1ccccc1)Oc1ccccc1-2. The Labute approximate surface area is 124 Å². The van der Waals surface area contributed by atoms with Crippen molar-refractivity contribution in [3.05, 3.63) is 89.5 Å². The first-order valence-electron chi connectivity index (χ1n) is 7.24. The molecule has 0 radical (unpaired) electrons. The Kier molecular flexibility index (Phi) is 2.78. The van der Waals surface area contributed by atoms with Crippen LogP contribution in [0.2, 0.25) is 0 Å². The number of benzene rings is 3. The maximum atomic E-state index is 6.30. The maximum absolute atomic E-state index is 6.30. The number of rotatable bonds is 1. The minimum Gasteiger partial charge on any atom is -0.480 e. The van der Waals surface area contributed by atoms with E-state index >= 15 is 0 Å². The molecule has 0 aliphatic carbocycles. The summed E-state index contributed by atoms with van der Waals surface area (Å²) in [6.07, 6.45) is -0.0315. The van der Waals surface area contributed by atoms with Crippen molar-refractivity contribution in [3.63, 3.8) is 0 Å². The average Bonchev–Trinajstić information content (AvgIpc) is 2.54. The van der Waals surface area contributed by atoms with Crippen LogP contribution < -0.4 is 4.74 Å². The number of ether oxygens (including phenoxy) is 1. The molecule has 0 bridgehead atoms. The smallest absolute Gasteiger partial charge is 0.149 e. The first-order valence-corrected chi connectivity index (χ1v) is 7.24. The third-order valence-corrected chi connectivity index (χ3v) is 4.01. The maximum Gasteiger partial charge on any atom is 0.149 e. The first-order chi connectivity index (χ1) is 10.3. The summed E-state index contributed by atoms with van der Waals surface area (Å²) in [5.74, 6) is 0.961. The average molecular weight is 272 g/mol. The lowest BCUT2D eigenvalue weighted by Crippen LogP contribution is -2.15. The molecule has 1 atom stereocenters. The largest absolute Gasteiger partial charge is 0.480 e. The fraction of sp³-hybridized carbons (Fsp3) is 0.100. The predicted molar refractivity (Wildman–Crippen MR) is 85.5 cm³/mol. The van der Waals surface area contributed by atoms with Crippen molar-refractivity contribution in [3.8, 4) is 16.9 Å². The zero-order valence-electron chi connectivity index (χ0n) is 11.9. The third kappa shape index (κ3) is 2.02. The van der Waals surface area contributed by atoms with Crippen LogP contribution >= 0.6 is 0 Å². The highest BCUT2D eigenvalue weighted by Gasteiger charge is 2.26. The van der Waals surface area contributed by atoms with E-state index in [1.165, 1.54) is 27.8 Å². The van der Waals surface area contributed by atoms with Gasteiger partial charge in [0, 0.05) is 11.1 Å². The van der Waals surface area contributed by atoms with Gasteiger partial charge in [0.2, 0.25) is 0 Å². The molecule has 4 rings (SSSR count). The molecule has 102 valence electrons. The van der Waals surface area contributed by atoms with Crippen molar-refractivity contribution in [2.45, 2.75) is 13.0 Å². The molecular weight excluding hydrogens is 256 g/mol. The van der Waals surface area contributed by atoms with Crippen LogP contribution in [-0.4, -0.2) is 0 Å². The molecule has 1 heterocycles. The highest BCUT2D eigenvalue weighted by atomic mass is 16.5. The molecule has 3 aromatic rings. The summed E-state index contributed by atoms with van der Waals surface area (Å²) in [7, 11) is 0. The van der Waals surface area contributed by atoms with Gasteiger partial charge in [-0.2, -0.15) is 0 Å². The second-order valence-corrected chi connectivity index (χ2v) is 5.50. The first kappa shape index (κ1) is 12.2. The topological polar surface area (TPSA) is 9.23 Å². The fourth-order valence-corrected chi connectivity index (χ4v) is 3.00. The van der Waals surface area contributed by atoms with E-state index in [2.05, 4.69) is 61.5 Å². The van der Waals surface area contributed by atoms with E-state index in [-0.39, 0.29) is 6.10 Å². The molecule has 0 saturated carbocycles. The summed E-state index contributed by atoms with van der Waals surface area (Å²) in [4.78, 5) is 0. The van der Waals surface area contributed by atoms with Gasteiger partial charge < -0.3 is 4.74 Å². The zero-order chi connectivity index (χ0) is 14.2. The van der Waals surface area contributed by atoms with Gasteiger partial charge in [0.15, 0.2) is 0 Å². The lowest BCUT2D eigenvalue weighted by atomic mass is 9.88. The highest BCUT2D eigenvalue weighted by molar-refractivity contribution is 5.76. The van der Waals surface area contributed by atoms with Crippen LogP contribution in [-0.2, 0) is 0 Å². The van der Waals surface area contributed by atoms with Crippen LogP contribution in [0.3, 0.4) is 0 Å². The Morgan fingerprint density at radius 1 is 0.762 bits per heavy atom. The summed E-state index contributed by atoms with van der Waals surface area (Å²) >= 11 is 0. The third-order valence-electron chi connectivity index (χ3n) is 4.01. The standard InChI is InChI=1S/C20H16O/c1-14-11-12-16-17-9-5-6-10-19(17)21-20(18(16)13-14)15-7-3-2-4-8-15/h2-13,20H,1H3. The molecule has 0 saturated heterocycles. The van der Waals surface area contributed by atoms with Crippen molar-refractivity contribution in [1.82, 2.24) is 0 Å². The van der Waals surface area contributed by atoms with Crippen molar-refractivity contribution < 1.29 is 4.74 Å². The van der Waals surface area contributed by atoms with Crippen LogP contribution in [0, 0.1) is 6.92 Å². The number of hydrogen-bond donors (Lipinski definition) is 0.